The van der Waals surface area contributed by atoms with E-state index in [4.69, 9.17) is 14.1 Å². The molecule has 2 aromatic rings. The summed E-state index contributed by atoms with van der Waals surface area (Å²) in [6, 6.07) is 4.26. The quantitative estimate of drug-likeness (QED) is 0.498. The first-order valence-corrected chi connectivity index (χ1v) is 11.7. The van der Waals surface area contributed by atoms with E-state index in [0.29, 0.717) is 19.6 Å². The van der Waals surface area contributed by atoms with Gasteiger partial charge in [-0.05, 0) is 24.6 Å². The Hall–Kier alpha value is -3.65. The number of rotatable bonds is 10. The SMILES string of the molecule is O=C(CC[C@H]1CN(c2ccc(N3CCON(C(=O)CNCc4cnoc4)CC3)c(F)c2)C(=O)O1)C(F)F. The molecular formula is C23H26F3N5O6. The minimum absolute atomic E-state index is 0.0217. The number of Topliss-reactive ketones (excluding diaryl/α,β-unsaturated/α-hetero) is 1. The fraction of sp³-hybridized carbons (Fsp3) is 0.478. The summed E-state index contributed by atoms with van der Waals surface area (Å²) in [7, 11) is 0. The lowest BCUT2D eigenvalue weighted by Crippen LogP contribution is -2.39. The van der Waals surface area contributed by atoms with Gasteiger partial charge in [-0.2, -0.15) is 0 Å². The monoisotopic (exact) mass is 525 g/mol. The van der Waals surface area contributed by atoms with Gasteiger partial charge in [-0.3, -0.25) is 19.3 Å². The van der Waals surface area contributed by atoms with E-state index in [1.165, 1.54) is 28.4 Å². The van der Waals surface area contributed by atoms with E-state index in [9.17, 15) is 23.2 Å². The molecule has 1 atom stereocenters. The van der Waals surface area contributed by atoms with Gasteiger partial charge in [0.05, 0.1) is 43.8 Å². The molecule has 11 nitrogen and oxygen atoms in total. The predicted molar refractivity (Wildman–Crippen MR) is 122 cm³/mol. The summed E-state index contributed by atoms with van der Waals surface area (Å²) in [5.41, 5.74) is 1.32. The van der Waals surface area contributed by atoms with E-state index in [-0.39, 0.29) is 49.9 Å². The number of hydrogen-bond donors (Lipinski definition) is 1. The van der Waals surface area contributed by atoms with Crippen molar-refractivity contribution < 1.29 is 41.7 Å². The zero-order valence-electron chi connectivity index (χ0n) is 19.8. The Balaban J connectivity index is 1.30. The lowest BCUT2D eigenvalue weighted by atomic mass is 10.1. The van der Waals surface area contributed by atoms with Crippen LogP contribution >= 0.6 is 0 Å². The van der Waals surface area contributed by atoms with Crippen LogP contribution in [0.3, 0.4) is 0 Å². The second-order valence-corrected chi connectivity index (χ2v) is 8.51. The van der Waals surface area contributed by atoms with Gasteiger partial charge in [0, 0.05) is 31.6 Å². The van der Waals surface area contributed by atoms with Crippen LogP contribution in [0.4, 0.5) is 29.3 Å². The molecule has 0 saturated carbocycles. The normalized spacial score (nSPS) is 18.3. The van der Waals surface area contributed by atoms with Gasteiger partial charge in [-0.15, -0.1) is 0 Å². The van der Waals surface area contributed by atoms with Crippen molar-refractivity contribution in [1.82, 2.24) is 15.5 Å². The molecule has 2 amide bonds. The Morgan fingerprint density at radius 1 is 1.22 bits per heavy atom. The maximum absolute atomic E-state index is 15.1. The number of aromatic nitrogens is 1. The molecule has 200 valence electrons. The molecule has 2 aliphatic heterocycles. The molecule has 0 aliphatic carbocycles. The minimum Gasteiger partial charge on any atom is -0.444 e. The molecule has 2 saturated heterocycles. The maximum Gasteiger partial charge on any atom is 0.414 e. The number of carbonyl (C=O) groups excluding carboxylic acids is 3. The van der Waals surface area contributed by atoms with Crippen LogP contribution in [-0.2, 0) is 25.7 Å². The first-order chi connectivity index (χ1) is 17.8. The molecule has 0 radical (unpaired) electrons. The number of alkyl halides is 2. The van der Waals surface area contributed by atoms with Crippen molar-refractivity contribution in [2.75, 3.05) is 49.1 Å². The summed E-state index contributed by atoms with van der Waals surface area (Å²) in [6.07, 6.45) is -1.97. The highest BCUT2D eigenvalue weighted by atomic mass is 19.3. The highest BCUT2D eigenvalue weighted by molar-refractivity contribution is 5.90. The second-order valence-electron chi connectivity index (χ2n) is 8.51. The van der Waals surface area contributed by atoms with Crippen LogP contribution in [-0.4, -0.2) is 79.9 Å². The fourth-order valence-electron chi connectivity index (χ4n) is 4.02. The number of carbonyl (C=O) groups is 3. The molecule has 0 spiro atoms. The predicted octanol–water partition coefficient (Wildman–Crippen LogP) is 2.12. The van der Waals surface area contributed by atoms with Crippen LogP contribution in [0.5, 0.6) is 0 Å². The fourth-order valence-corrected chi connectivity index (χ4v) is 4.02. The number of halogens is 3. The van der Waals surface area contributed by atoms with Crippen molar-refractivity contribution in [3.05, 3.63) is 42.0 Å². The molecular weight excluding hydrogens is 499 g/mol. The Morgan fingerprint density at radius 3 is 2.78 bits per heavy atom. The Morgan fingerprint density at radius 2 is 2.05 bits per heavy atom. The van der Waals surface area contributed by atoms with E-state index in [1.54, 1.807) is 17.2 Å². The van der Waals surface area contributed by atoms with Crippen LogP contribution in [0.1, 0.15) is 18.4 Å². The lowest BCUT2D eigenvalue weighted by molar-refractivity contribution is -0.180. The Labute approximate surface area is 210 Å². The molecule has 3 heterocycles. The van der Waals surface area contributed by atoms with Gasteiger partial charge in [-0.25, -0.2) is 23.0 Å². The third-order valence-corrected chi connectivity index (χ3v) is 5.96. The highest BCUT2D eigenvalue weighted by Gasteiger charge is 2.33. The third-order valence-electron chi connectivity index (χ3n) is 5.96. The van der Waals surface area contributed by atoms with Gasteiger partial charge < -0.3 is 19.5 Å². The zero-order valence-corrected chi connectivity index (χ0v) is 19.8. The standard InChI is InChI=1S/C23H26F3N5O6/c24-18-9-16(30-13-17(37-23(30)34)2-4-20(32)22(25)26)1-3-19(18)29-5-6-31(36-8-7-29)21(33)12-27-10-15-11-28-35-14-15/h1,3,9,11,14,17,22,27H,2,4-8,10,12-13H2/t17-/m0/s1. The summed E-state index contributed by atoms with van der Waals surface area (Å²) in [4.78, 5) is 44.3. The minimum atomic E-state index is -3.06. The molecule has 14 heteroatoms. The molecule has 2 aliphatic rings. The van der Waals surface area contributed by atoms with Gasteiger partial charge in [0.25, 0.3) is 12.3 Å². The van der Waals surface area contributed by atoms with E-state index in [0.717, 1.165) is 5.56 Å². The van der Waals surface area contributed by atoms with Crippen LogP contribution in [0.15, 0.2) is 35.2 Å². The van der Waals surface area contributed by atoms with Crippen LogP contribution in [0, 0.1) is 5.82 Å². The number of amides is 2. The van der Waals surface area contributed by atoms with Crippen molar-refractivity contribution in [1.29, 1.82) is 0 Å². The molecule has 2 fully saturated rings. The first kappa shape index (κ1) is 26.4. The second kappa shape index (κ2) is 12.1. The van der Waals surface area contributed by atoms with Crippen LogP contribution < -0.4 is 15.1 Å². The number of anilines is 2. The highest BCUT2D eigenvalue weighted by Crippen LogP contribution is 2.29. The smallest absolute Gasteiger partial charge is 0.414 e. The van der Waals surface area contributed by atoms with E-state index in [1.807, 2.05) is 0 Å². The van der Waals surface area contributed by atoms with Gasteiger partial charge in [0.15, 0.2) is 5.78 Å². The van der Waals surface area contributed by atoms with E-state index in [2.05, 4.69) is 10.5 Å². The number of hydroxylamine groups is 2. The number of nitrogens with zero attached hydrogens (tertiary/aromatic N) is 4. The Bertz CT molecular complexity index is 1100. The van der Waals surface area contributed by atoms with Crippen LogP contribution in [0.25, 0.3) is 0 Å². The molecule has 1 aromatic heterocycles. The van der Waals surface area contributed by atoms with E-state index < -0.39 is 36.6 Å². The lowest BCUT2D eigenvalue weighted by Gasteiger charge is -2.24. The summed E-state index contributed by atoms with van der Waals surface area (Å²) < 4.78 is 49.7. The molecule has 4 rings (SSSR count). The van der Waals surface area contributed by atoms with Crippen LogP contribution in [0.2, 0.25) is 0 Å². The summed E-state index contributed by atoms with van der Waals surface area (Å²) in [5, 5.41) is 7.81. The van der Waals surface area contributed by atoms with Gasteiger partial charge in [0.1, 0.15) is 18.2 Å². The van der Waals surface area contributed by atoms with Gasteiger partial charge in [0.2, 0.25) is 0 Å². The van der Waals surface area contributed by atoms with Gasteiger partial charge in [-0.1, -0.05) is 5.16 Å². The number of ketones is 1. The number of benzene rings is 1. The van der Waals surface area contributed by atoms with Crippen molar-refractivity contribution in [2.24, 2.45) is 0 Å². The molecule has 1 N–H and O–H groups in total. The average molecular weight is 525 g/mol. The average Bonchev–Trinajstić information content (AvgIpc) is 3.45. The van der Waals surface area contributed by atoms with E-state index >= 15 is 4.39 Å². The molecule has 37 heavy (non-hydrogen) atoms. The summed E-state index contributed by atoms with van der Waals surface area (Å²) in [6.45, 7) is 1.50. The van der Waals surface area contributed by atoms with Crippen molar-refractivity contribution in [3.8, 4) is 0 Å². The molecule has 1 aromatic carbocycles. The summed E-state index contributed by atoms with van der Waals surface area (Å²) >= 11 is 0. The largest absolute Gasteiger partial charge is 0.444 e. The Kier molecular flexibility index (Phi) is 8.61. The number of cyclic esters (lactones) is 1. The maximum atomic E-state index is 15.1. The number of ether oxygens (including phenoxy) is 1. The van der Waals surface area contributed by atoms with Crippen molar-refractivity contribution in [2.45, 2.75) is 31.9 Å². The molecule has 0 unspecified atom stereocenters. The topological polar surface area (TPSA) is 117 Å². The van der Waals surface area contributed by atoms with Crippen molar-refractivity contribution in [3.63, 3.8) is 0 Å². The third kappa shape index (κ3) is 6.77. The number of hydrogen-bond acceptors (Lipinski definition) is 9. The summed E-state index contributed by atoms with van der Waals surface area (Å²) in [5.74, 6) is -2.07. The van der Waals surface area contributed by atoms with Crippen molar-refractivity contribution >= 4 is 29.2 Å². The van der Waals surface area contributed by atoms with Gasteiger partial charge >= 0.3 is 6.09 Å². The first-order valence-electron chi connectivity index (χ1n) is 11.7. The molecule has 0 bridgehead atoms. The number of nitrogens with one attached hydrogen (secondary N) is 1. The zero-order chi connectivity index (χ0) is 26.4.